The summed E-state index contributed by atoms with van der Waals surface area (Å²) >= 11 is 5.90. The normalized spacial score (nSPS) is 11.1. The van der Waals surface area contributed by atoms with Crippen LogP contribution in [0.5, 0.6) is 5.75 Å². The Bertz CT molecular complexity index is 1050. The minimum absolute atomic E-state index is 0.0983. The van der Waals surface area contributed by atoms with Crippen LogP contribution in [0, 0.1) is 0 Å². The van der Waals surface area contributed by atoms with Crippen molar-refractivity contribution in [3.05, 3.63) is 77.2 Å². The second-order valence-electron chi connectivity index (χ2n) is 5.99. The number of hydrogen-bond donors (Lipinski definition) is 2. The van der Waals surface area contributed by atoms with Crippen LogP contribution in [-0.4, -0.2) is 18.4 Å². The van der Waals surface area contributed by atoms with Crippen LogP contribution in [0.3, 0.4) is 0 Å². The van der Waals surface area contributed by atoms with E-state index in [1.165, 1.54) is 24.5 Å². The third-order valence-electron chi connectivity index (χ3n) is 3.84. The van der Waals surface area contributed by atoms with Gasteiger partial charge in [0.15, 0.2) is 6.61 Å². The number of alkyl halides is 3. The highest BCUT2D eigenvalue weighted by Gasteiger charge is 2.34. The summed E-state index contributed by atoms with van der Waals surface area (Å²) in [7, 11) is 0. The number of rotatable bonds is 6. The lowest BCUT2D eigenvalue weighted by Crippen LogP contribution is -2.22. The van der Waals surface area contributed by atoms with Crippen LogP contribution in [0.4, 0.5) is 24.5 Å². The Morgan fingerprint density at radius 1 is 1.07 bits per heavy atom. The first kappa shape index (κ1) is 21.3. The zero-order chi connectivity index (χ0) is 21.7. The molecule has 0 radical (unpaired) electrons. The lowest BCUT2D eigenvalue weighted by Gasteiger charge is -2.16. The van der Waals surface area contributed by atoms with Crippen LogP contribution >= 0.6 is 11.6 Å². The van der Waals surface area contributed by atoms with Gasteiger partial charge in [-0.05, 0) is 36.4 Å². The van der Waals surface area contributed by atoms with E-state index in [0.717, 1.165) is 18.4 Å². The van der Waals surface area contributed by atoms with Crippen LogP contribution in [0.1, 0.15) is 15.9 Å². The first-order valence-corrected chi connectivity index (χ1v) is 8.84. The van der Waals surface area contributed by atoms with Crippen LogP contribution in [-0.2, 0) is 11.0 Å². The molecule has 0 saturated carbocycles. The molecule has 2 amide bonds. The third kappa shape index (κ3) is 5.32. The van der Waals surface area contributed by atoms with Gasteiger partial charge in [-0.15, -0.1) is 0 Å². The van der Waals surface area contributed by atoms with Gasteiger partial charge in [0.1, 0.15) is 12.0 Å². The highest BCUT2D eigenvalue weighted by atomic mass is 35.5. The molecule has 1 heterocycles. The van der Waals surface area contributed by atoms with E-state index in [-0.39, 0.29) is 22.0 Å². The summed E-state index contributed by atoms with van der Waals surface area (Å²) in [6, 6.07) is 10.7. The molecule has 30 heavy (non-hydrogen) atoms. The highest BCUT2D eigenvalue weighted by molar-refractivity contribution is 6.32. The summed E-state index contributed by atoms with van der Waals surface area (Å²) < 4.78 is 50.4. The van der Waals surface area contributed by atoms with Gasteiger partial charge in [-0.25, -0.2) is 0 Å². The Morgan fingerprint density at radius 2 is 1.83 bits per heavy atom. The van der Waals surface area contributed by atoms with Gasteiger partial charge >= 0.3 is 6.18 Å². The molecule has 0 aliphatic rings. The molecule has 0 aliphatic heterocycles. The average molecular weight is 439 g/mol. The van der Waals surface area contributed by atoms with Gasteiger partial charge in [-0.3, -0.25) is 9.59 Å². The van der Waals surface area contributed by atoms with E-state index in [9.17, 15) is 22.8 Å². The molecule has 0 saturated heterocycles. The standard InChI is InChI=1S/C20H14ClF3N2O4/c21-15-3-1-2-4-17(15)30-11-18(27)26-16-6-5-13(9-14(16)20(22,23)24)25-19(28)12-7-8-29-10-12/h1-10H,11H2,(H,25,28)(H,26,27). The molecule has 0 fully saturated rings. The van der Waals surface area contributed by atoms with E-state index in [1.807, 2.05) is 0 Å². The molecule has 2 N–H and O–H groups in total. The number of halogens is 4. The topological polar surface area (TPSA) is 80.6 Å². The molecular weight excluding hydrogens is 425 g/mol. The van der Waals surface area contributed by atoms with Gasteiger partial charge in [0, 0.05) is 5.69 Å². The summed E-state index contributed by atoms with van der Waals surface area (Å²) in [6.07, 6.45) is -2.35. The largest absolute Gasteiger partial charge is 0.482 e. The van der Waals surface area contributed by atoms with Crippen molar-refractivity contribution in [1.82, 2.24) is 0 Å². The van der Waals surface area contributed by atoms with Crippen molar-refractivity contribution >= 4 is 34.8 Å². The van der Waals surface area contributed by atoms with Gasteiger partial charge in [-0.2, -0.15) is 13.2 Å². The quantitative estimate of drug-likeness (QED) is 0.553. The first-order valence-electron chi connectivity index (χ1n) is 8.46. The SMILES string of the molecule is O=C(COc1ccccc1Cl)Nc1ccc(NC(=O)c2ccoc2)cc1C(F)(F)F. The summed E-state index contributed by atoms with van der Waals surface area (Å²) in [5.74, 6) is -1.22. The molecule has 0 unspecified atom stereocenters. The van der Waals surface area contributed by atoms with E-state index < -0.39 is 35.8 Å². The zero-order valence-corrected chi connectivity index (χ0v) is 15.9. The number of nitrogens with one attached hydrogen (secondary N) is 2. The van der Waals surface area contributed by atoms with E-state index in [4.69, 9.17) is 20.8 Å². The van der Waals surface area contributed by atoms with Crippen molar-refractivity contribution < 1.29 is 31.9 Å². The minimum Gasteiger partial charge on any atom is -0.482 e. The average Bonchev–Trinajstić information content (AvgIpc) is 3.23. The number of carbonyl (C=O) groups is 2. The molecule has 3 aromatic rings. The maximum Gasteiger partial charge on any atom is 0.418 e. The van der Waals surface area contributed by atoms with Crippen LogP contribution in [0.25, 0.3) is 0 Å². The molecule has 2 aromatic carbocycles. The second-order valence-corrected chi connectivity index (χ2v) is 6.40. The summed E-state index contributed by atoms with van der Waals surface area (Å²) in [5, 5.41) is 4.76. The van der Waals surface area contributed by atoms with E-state index in [0.29, 0.717) is 0 Å². The van der Waals surface area contributed by atoms with Crippen LogP contribution in [0.2, 0.25) is 5.02 Å². The van der Waals surface area contributed by atoms with Crippen molar-refractivity contribution in [1.29, 1.82) is 0 Å². The smallest absolute Gasteiger partial charge is 0.418 e. The lowest BCUT2D eigenvalue weighted by atomic mass is 10.1. The fraction of sp³-hybridized carbons (Fsp3) is 0.100. The Morgan fingerprint density at radius 3 is 2.50 bits per heavy atom. The molecular formula is C20H14ClF3N2O4. The highest BCUT2D eigenvalue weighted by Crippen LogP contribution is 2.36. The number of benzene rings is 2. The van der Waals surface area contributed by atoms with Crippen molar-refractivity contribution in [2.24, 2.45) is 0 Å². The van der Waals surface area contributed by atoms with Crippen LogP contribution in [0.15, 0.2) is 65.5 Å². The van der Waals surface area contributed by atoms with Crippen LogP contribution < -0.4 is 15.4 Å². The molecule has 6 nitrogen and oxygen atoms in total. The number of anilines is 2. The lowest BCUT2D eigenvalue weighted by molar-refractivity contribution is -0.137. The number of furan rings is 1. The Labute approximate surface area is 173 Å². The summed E-state index contributed by atoms with van der Waals surface area (Å²) in [4.78, 5) is 24.1. The fourth-order valence-corrected chi connectivity index (χ4v) is 2.64. The monoisotopic (exact) mass is 438 g/mol. The first-order chi connectivity index (χ1) is 14.2. The molecule has 0 spiro atoms. The number of carbonyl (C=O) groups excluding carboxylic acids is 2. The molecule has 0 atom stereocenters. The molecule has 3 rings (SSSR count). The number of para-hydroxylation sites is 1. The molecule has 1 aromatic heterocycles. The van der Waals surface area contributed by atoms with Gasteiger partial charge in [-0.1, -0.05) is 23.7 Å². The zero-order valence-electron chi connectivity index (χ0n) is 15.1. The van der Waals surface area contributed by atoms with Gasteiger partial charge < -0.3 is 19.8 Å². The Balaban J connectivity index is 1.73. The molecule has 156 valence electrons. The van der Waals surface area contributed by atoms with Crippen molar-refractivity contribution in [3.8, 4) is 5.75 Å². The van der Waals surface area contributed by atoms with Crippen molar-refractivity contribution in [2.75, 3.05) is 17.2 Å². The third-order valence-corrected chi connectivity index (χ3v) is 4.15. The predicted molar refractivity (Wildman–Crippen MR) is 104 cm³/mol. The number of hydrogen-bond acceptors (Lipinski definition) is 4. The van der Waals surface area contributed by atoms with Crippen molar-refractivity contribution in [2.45, 2.75) is 6.18 Å². The Kier molecular flexibility index (Phi) is 6.31. The molecule has 10 heteroatoms. The van der Waals surface area contributed by atoms with Crippen molar-refractivity contribution in [3.63, 3.8) is 0 Å². The fourth-order valence-electron chi connectivity index (χ4n) is 2.45. The number of amides is 2. The maximum absolute atomic E-state index is 13.5. The van der Waals surface area contributed by atoms with E-state index in [2.05, 4.69) is 10.6 Å². The predicted octanol–water partition coefficient (Wildman–Crippen LogP) is 5.22. The van der Waals surface area contributed by atoms with Gasteiger partial charge in [0.05, 0.1) is 28.1 Å². The maximum atomic E-state index is 13.5. The second kappa shape index (κ2) is 8.91. The number of ether oxygens (including phenoxy) is 1. The van der Waals surface area contributed by atoms with E-state index in [1.54, 1.807) is 18.2 Å². The van der Waals surface area contributed by atoms with Gasteiger partial charge in [0.25, 0.3) is 11.8 Å². The molecule has 0 aliphatic carbocycles. The Hall–Kier alpha value is -3.46. The van der Waals surface area contributed by atoms with E-state index >= 15 is 0 Å². The summed E-state index contributed by atoms with van der Waals surface area (Å²) in [5.41, 5.74) is -1.55. The van der Waals surface area contributed by atoms with Gasteiger partial charge in [0.2, 0.25) is 0 Å². The minimum atomic E-state index is -4.78. The summed E-state index contributed by atoms with van der Waals surface area (Å²) in [6.45, 7) is -0.542. The molecule has 0 bridgehead atoms.